The van der Waals surface area contributed by atoms with Gasteiger partial charge in [0, 0.05) is 5.41 Å². The summed E-state index contributed by atoms with van der Waals surface area (Å²) in [4.78, 5) is 11.2. The molecule has 0 aliphatic carbocycles. The minimum Gasteiger partial charge on any atom is -0.480 e. The summed E-state index contributed by atoms with van der Waals surface area (Å²) >= 11 is 0. The molecule has 1 rings (SSSR count). The Balaban J connectivity index is 3.19. The second-order valence-electron chi connectivity index (χ2n) is 4.60. The Bertz CT molecular complexity index is 385. The van der Waals surface area contributed by atoms with Crippen molar-refractivity contribution in [3.8, 4) is 0 Å². The Morgan fingerprint density at radius 2 is 1.94 bits per heavy atom. The van der Waals surface area contributed by atoms with Crippen LogP contribution in [0.3, 0.4) is 0 Å². The monoisotopic (exact) mass is 221 g/mol. The lowest BCUT2D eigenvalue weighted by atomic mass is 9.76. The van der Waals surface area contributed by atoms with Crippen molar-refractivity contribution in [1.29, 1.82) is 0 Å². The Morgan fingerprint density at radius 1 is 1.38 bits per heavy atom. The van der Waals surface area contributed by atoms with E-state index in [4.69, 9.17) is 0 Å². The molecule has 0 spiro atoms. The minimum atomic E-state index is -0.823. The van der Waals surface area contributed by atoms with Crippen molar-refractivity contribution in [3.05, 3.63) is 35.4 Å². The molecule has 1 aromatic carbocycles. The zero-order chi connectivity index (χ0) is 12.3. The highest BCUT2D eigenvalue weighted by atomic mass is 16.4. The second kappa shape index (κ2) is 4.66. The first kappa shape index (κ1) is 12.7. The van der Waals surface area contributed by atoms with Crippen LogP contribution in [-0.2, 0) is 10.2 Å². The lowest BCUT2D eigenvalue weighted by Crippen LogP contribution is -2.49. The molecular weight excluding hydrogens is 202 g/mol. The molecule has 16 heavy (non-hydrogen) atoms. The van der Waals surface area contributed by atoms with Gasteiger partial charge in [0.1, 0.15) is 6.04 Å². The van der Waals surface area contributed by atoms with E-state index in [0.717, 1.165) is 11.1 Å². The number of benzene rings is 1. The van der Waals surface area contributed by atoms with Gasteiger partial charge in [-0.3, -0.25) is 4.79 Å². The second-order valence-corrected chi connectivity index (χ2v) is 4.60. The number of aryl methyl sites for hydroxylation is 1. The molecule has 0 saturated carbocycles. The van der Waals surface area contributed by atoms with Gasteiger partial charge in [0.2, 0.25) is 0 Å². The molecule has 0 aromatic heterocycles. The van der Waals surface area contributed by atoms with E-state index < -0.39 is 17.4 Å². The fourth-order valence-electron chi connectivity index (χ4n) is 2.24. The van der Waals surface area contributed by atoms with Crippen molar-refractivity contribution in [2.75, 3.05) is 7.05 Å². The van der Waals surface area contributed by atoms with Crippen LogP contribution in [0.25, 0.3) is 0 Å². The largest absolute Gasteiger partial charge is 0.480 e. The molecule has 0 aliphatic rings. The summed E-state index contributed by atoms with van der Waals surface area (Å²) in [5.74, 6) is -0.823. The molecule has 0 aliphatic heterocycles. The average Bonchev–Trinajstić information content (AvgIpc) is 2.17. The number of nitrogens with one attached hydrogen (secondary N) is 1. The van der Waals surface area contributed by atoms with Gasteiger partial charge in [-0.2, -0.15) is 0 Å². The normalized spacial score (nSPS) is 13.5. The van der Waals surface area contributed by atoms with Gasteiger partial charge in [-0.25, -0.2) is 0 Å². The van der Waals surface area contributed by atoms with Crippen LogP contribution >= 0.6 is 0 Å². The van der Waals surface area contributed by atoms with Gasteiger partial charge in [-0.05, 0) is 25.1 Å². The van der Waals surface area contributed by atoms with Crippen LogP contribution in [0, 0.1) is 6.92 Å². The standard InChI is InChI=1S/C13H19NO2/c1-9-7-5-6-8-10(9)13(2,3)11(14-4)12(15)16/h5-8,11,14H,1-4H3,(H,15,16)/t11-/m1/s1. The first-order valence-electron chi connectivity index (χ1n) is 5.37. The minimum absolute atomic E-state index is 0.439. The van der Waals surface area contributed by atoms with Crippen LogP contribution in [0.15, 0.2) is 24.3 Å². The summed E-state index contributed by atoms with van der Waals surface area (Å²) < 4.78 is 0. The van der Waals surface area contributed by atoms with Gasteiger partial charge in [0.25, 0.3) is 0 Å². The molecule has 0 fully saturated rings. The third-order valence-electron chi connectivity index (χ3n) is 3.10. The van der Waals surface area contributed by atoms with Crippen molar-refractivity contribution in [2.45, 2.75) is 32.2 Å². The van der Waals surface area contributed by atoms with Crippen LogP contribution in [0.1, 0.15) is 25.0 Å². The summed E-state index contributed by atoms with van der Waals surface area (Å²) in [6.07, 6.45) is 0. The zero-order valence-corrected chi connectivity index (χ0v) is 10.2. The summed E-state index contributed by atoms with van der Waals surface area (Å²) in [5, 5.41) is 12.1. The van der Waals surface area contributed by atoms with Gasteiger partial charge in [-0.15, -0.1) is 0 Å². The van der Waals surface area contributed by atoms with Crippen molar-refractivity contribution < 1.29 is 9.90 Å². The molecule has 0 bridgehead atoms. The van der Waals surface area contributed by atoms with Crippen LogP contribution in [0.4, 0.5) is 0 Å². The van der Waals surface area contributed by atoms with Crippen LogP contribution < -0.4 is 5.32 Å². The van der Waals surface area contributed by atoms with E-state index in [9.17, 15) is 9.90 Å². The highest BCUT2D eigenvalue weighted by molar-refractivity contribution is 5.76. The van der Waals surface area contributed by atoms with Crippen molar-refractivity contribution in [2.24, 2.45) is 0 Å². The molecule has 3 heteroatoms. The molecule has 0 radical (unpaired) electrons. The summed E-state index contributed by atoms with van der Waals surface area (Å²) in [6.45, 7) is 5.90. The maximum atomic E-state index is 11.2. The molecule has 1 aromatic rings. The van der Waals surface area contributed by atoms with Gasteiger partial charge < -0.3 is 10.4 Å². The SMILES string of the molecule is CN[C@H](C(=O)O)C(C)(C)c1ccccc1C. The smallest absolute Gasteiger partial charge is 0.321 e. The maximum absolute atomic E-state index is 11.2. The highest BCUT2D eigenvalue weighted by Gasteiger charge is 2.36. The lowest BCUT2D eigenvalue weighted by Gasteiger charge is -2.33. The van der Waals surface area contributed by atoms with Gasteiger partial charge >= 0.3 is 5.97 Å². The van der Waals surface area contributed by atoms with Gasteiger partial charge in [-0.1, -0.05) is 38.1 Å². The Morgan fingerprint density at radius 3 is 2.38 bits per heavy atom. The van der Waals surface area contributed by atoms with Gasteiger partial charge in [0.05, 0.1) is 0 Å². The first-order chi connectivity index (χ1) is 7.41. The predicted molar refractivity (Wildman–Crippen MR) is 64.7 cm³/mol. The van der Waals surface area contributed by atoms with E-state index in [1.165, 1.54) is 0 Å². The topological polar surface area (TPSA) is 49.3 Å². The molecule has 1 atom stereocenters. The quantitative estimate of drug-likeness (QED) is 0.817. The number of carbonyl (C=O) groups is 1. The molecule has 2 N–H and O–H groups in total. The fourth-order valence-corrected chi connectivity index (χ4v) is 2.24. The number of rotatable bonds is 4. The summed E-state index contributed by atoms with van der Waals surface area (Å²) in [7, 11) is 1.68. The molecule has 88 valence electrons. The van der Waals surface area contributed by atoms with Gasteiger partial charge in [0.15, 0.2) is 0 Å². The number of aliphatic carboxylic acids is 1. The first-order valence-corrected chi connectivity index (χ1v) is 5.37. The van der Waals surface area contributed by atoms with E-state index in [2.05, 4.69) is 5.32 Å². The molecular formula is C13H19NO2. The Hall–Kier alpha value is -1.35. The summed E-state index contributed by atoms with van der Waals surface area (Å²) in [6, 6.07) is 7.31. The Labute approximate surface area is 96.5 Å². The zero-order valence-electron chi connectivity index (χ0n) is 10.2. The number of carboxylic acids is 1. The fraction of sp³-hybridized carbons (Fsp3) is 0.462. The van der Waals surface area contributed by atoms with Crippen molar-refractivity contribution in [3.63, 3.8) is 0 Å². The average molecular weight is 221 g/mol. The Kier molecular flexibility index (Phi) is 3.70. The van der Waals surface area contributed by atoms with E-state index in [-0.39, 0.29) is 0 Å². The van der Waals surface area contributed by atoms with Crippen LogP contribution in [0.5, 0.6) is 0 Å². The van der Waals surface area contributed by atoms with E-state index in [0.29, 0.717) is 0 Å². The number of hydrogen-bond acceptors (Lipinski definition) is 2. The van der Waals surface area contributed by atoms with E-state index in [1.807, 2.05) is 45.0 Å². The summed E-state index contributed by atoms with van der Waals surface area (Å²) in [5.41, 5.74) is 1.75. The third kappa shape index (κ3) is 2.25. The highest BCUT2D eigenvalue weighted by Crippen LogP contribution is 2.29. The maximum Gasteiger partial charge on any atom is 0.321 e. The number of likely N-dealkylation sites (N-methyl/N-ethyl adjacent to an activating group) is 1. The van der Waals surface area contributed by atoms with Crippen LogP contribution in [-0.4, -0.2) is 24.2 Å². The van der Waals surface area contributed by atoms with Crippen molar-refractivity contribution in [1.82, 2.24) is 5.32 Å². The molecule has 0 amide bonds. The predicted octanol–water partition coefficient (Wildman–Crippen LogP) is 1.95. The molecule has 3 nitrogen and oxygen atoms in total. The lowest BCUT2D eigenvalue weighted by molar-refractivity contribution is -0.141. The van der Waals surface area contributed by atoms with E-state index in [1.54, 1.807) is 7.05 Å². The molecule has 0 unspecified atom stereocenters. The third-order valence-corrected chi connectivity index (χ3v) is 3.10. The van der Waals surface area contributed by atoms with E-state index >= 15 is 0 Å². The molecule has 0 heterocycles. The van der Waals surface area contributed by atoms with Crippen molar-refractivity contribution >= 4 is 5.97 Å². The number of carboxylic acid groups (broad SMARTS) is 1. The van der Waals surface area contributed by atoms with Crippen LogP contribution in [0.2, 0.25) is 0 Å². The number of hydrogen-bond donors (Lipinski definition) is 2. The molecule has 0 saturated heterocycles.